The van der Waals surface area contributed by atoms with E-state index in [-0.39, 0.29) is 12.1 Å². The van der Waals surface area contributed by atoms with Gasteiger partial charge in [0.25, 0.3) is 0 Å². The van der Waals surface area contributed by atoms with Crippen LogP contribution in [0, 0.1) is 0 Å². The largest absolute Gasteiger partial charge is 0.423 e. The van der Waals surface area contributed by atoms with Gasteiger partial charge in [0.1, 0.15) is 6.04 Å². The zero-order chi connectivity index (χ0) is 18.0. The van der Waals surface area contributed by atoms with Gasteiger partial charge in [-0.15, -0.1) is 0 Å². The molecule has 0 aromatic heterocycles. The molecule has 25 heavy (non-hydrogen) atoms. The Kier molecular flexibility index (Phi) is 4.35. The van der Waals surface area contributed by atoms with Crippen LogP contribution in [0.25, 0.3) is 0 Å². The Morgan fingerprint density at radius 1 is 1.16 bits per heavy atom. The summed E-state index contributed by atoms with van der Waals surface area (Å²) in [6, 6.07) is 10.1. The van der Waals surface area contributed by atoms with Gasteiger partial charge in [-0.05, 0) is 30.3 Å². The van der Waals surface area contributed by atoms with E-state index in [1.807, 2.05) is 0 Å². The first-order valence-corrected chi connectivity index (χ1v) is 7.37. The van der Waals surface area contributed by atoms with Crippen molar-refractivity contribution in [2.24, 2.45) is 0 Å². The number of amides is 1. The minimum absolute atomic E-state index is 0.00408. The Hall–Kier alpha value is -3.03. The lowest BCUT2D eigenvalue weighted by atomic mass is 10.1. The Morgan fingerprint density at radius 3 is 2.68 bits per heavy atom. The van der Waals surface area contributed by atoms with Crippen molar-refractivity contribution in [2.45, 2.75) is 18.6 Å². The molecule has 1 unspecified atom stereocenters. The van der Waals surface area contributed by atoms with E-state index in [0.29, 0.717) is 11.4 Å². The predicted octanol–water partition coefficient (Wildman–Crippen LogP) is 3.43. The van der Waals surface area contributed by atoms with Crippen LogP contribution in [-0.2, 0) is 15.8 Å². The molecule has 1 amide bonds. The van der Waals surface area contributed by atoms with Gasteiger partial charge in [-0.25, -0.2) is 4.79 Å². The Balaban J connectivity index is 1.66. The maximum atomic E-state index is 12.7. The lowest BCUT2D eigenvalue weighted by Crippen LogP contribution is -2.39. The van der Waals surface area contributed by atoms with Crippen LogP contribution < -0.4 is 15.4 Å². The number of ether oxygens (including phenoxy) is 1. The number of nitrogens with one attached hydrogen (secondary N) is 2. The zero-order valence-corrected chi connectivity index (χ0v) is 12.8. The van der Waals surface area contributed by atoms with Gasteiger partial charge in [0, 0.05) is 5.69 Å². The van der Waals surface area contributed by atoms with Crippen molar-refractivity contribution in [1.82, 2.24) is 0 Å². The molecule has 1 heterocycles. The number of halogens is 3. The number of hydrogen-bond donors (Lipinski definition) is 2. The van der Waals surface area contributed by atoms with Gasteiger partial charge in [0.2, 0.25) is 5.91 Å². The molecule has 1 aliphatic heterocycles. The van der Waals surface area contributed by atoms with Crippen LogP contribution in [0.1, 0.15) is 12.0 Å². The molecular formula is C17H13F3N2O3. The highest BCUT2D eigenvalue weighted by molar-refractivity contribution is 5.97. The zero-order valence-electron chi connectivity index (χ0n) is 12.8. The molecule has 0 bridgehead atoms. The standard InChI is InChI=1S/C17H13F3N2O3/c18-17(19,20)10-4-3-5-11(8-10)21-15(23)9-13-16(24)25-14-7-2-1-6-12(14)22-13/h1-8,13,22H,9H2,(H,21,23). The molecule has 1 atom stereocenters. The van der Waals surface area contributed by atoms with Crippen molar-refractivity contribution in [1.29, 1.82) is 0 Å². The molecule has 130 valence electrons. The maximum Gasteiger partial charge on any atom is 0.416 e. The highest BCUT2D eigenvalue weighted by Gasteiger charge is 2.31. The number of carbonyl (C=O) groups is 2. The van der Waals surface area contributed by atoms with Gasteiger partial charge in [0.15, 0.2) is 5.75 Å². The lowest BCUT2D eigenvalue weighted by Gasteiger charge is -2.25. The fraction of sp³-hybridized carbons (Fsp3) is 0.176. The van der Waals surface area contributed by atoms with E-state index in [1.165, 1.54) is 12.1 Å². The van der Waals surface area contributed by atoms with Gasteiger partial charge >= 0.3 is 12.1 Å². The van der Waals surface area contributed by atoms with Crippen molar-refractivity contribution in [3.05, 3.63) is 54.1 Å². The SMILES string of the molecule is O=C(CC1Nc2ccccc2OC1=O)Nc1cccc(C(F)(F)F)c1. The monoisotopic (exact) mass is 350 g/mol. The minimum atomic E-state index is -4.50. The maximum absolute atomic E-state index is 12.7. The van der Waals surface area contributed by atoms with E-state index in [4.69, 9.17) is 4.74 Å². The molecule has 5 nitrogen and oxygen atoms in total. The van der Waals surface area contributed by atoms with E-state index in [2.05, 4.69) is 10.6 Å². The van der Waals surface area contributed by atoms with E-state index >= 15 is 0 Å². The van der Waals surface area contributed by atoms with Crippen molar-refractivity contribution < 1.29 is 27.5 Å². The van der Waals surface area contributed by atoms with E-state index in [9.17, 15) is 22.8 Å². The minimum Gasteiger partial charge on any atom is -0.423 e. The molecule has 3 rings (SSSR count). The summed E-state index contributed by atoms with van der Waals surface area (Å²) in [5.41, 5.74) is -0.294. The summed E-state index contributed by atoms with van der Waals surface area (Å²) in [5, 5.41) is 5.24. The topological polar surface area (TPSA) is 67.4 Å². The molecule has 0 saturated carbocycles. The smallest absolute Gasteiger partial charge is 0.416 e. The molecule has 2 aromatic carbocycles. The first-order chi connectivity index (χ1) is 11.8. The number of para-hydroxylation sites is 2. The Morgan fingerprint density at radius 2 is 1.92 bits per heavy atom. The molecular weight excluding hydrogens is 337 g/mol. The van der Waals surface area contributed by atoms with Gasteiger partial charge in [-0.3, -0.25) is 4.79 Å². The Labute approximate surface area is 140 Å². The van der Waals surface area contributed by atoms with Crippen LogP contribution in [0.15, 0.2) is 48.5 Å². The predicted molar refractivity (Wildman–Crippen MR) is 84.2 cm³/mol. The van der Waals surface area contributed by atoms with Crippen LogP contribution in [0.2, 0.25) is 0 Å². The van der Waals surface area contributed by atoms with Crippen LogP contribution >= 0.6 is 0 Å². The molecule has 1 aliphatic rings. The normalized spacial score (nSPS) is 16.4. The van der Waals surface area contributed by atoms with E-state index in [0.717, 1.165) is 12.1 Å². The third-order valence-corrected chi connectivity index (χ3v) is 3.58. The average molecular weight is 350 g/mol. The number of carbonyl (C=O) groups excluding carboxylic acids is 2. The molecule has 2 N–H and O–H groups in total. The van der Waals surface area contributed by atoms with Crippen LogP contribution in [0.4, 0.5) is 24.5 Å². The first-order valence-electron chi connectivity index (χ1n) is 7.37. The third kappa shape index (κ3) is 3.90. The van der Waals surface area contributed by atoms with Gasteiger partial charge in [0.05, 0.1) is 17.7 Å². The summed E-state index contributed by atoms with van der Waals surface area (Å²) in [6.07, 6.45) is -4.78. The van der Waals surface area contributed by atoms with Gasteiger partial charge in [-0.2, -0.15) is 13.2 Å². The summed E-state index contributed by atoms with van der Waals surface area (Å²) in [5.74, 6) is -0.868. The fourth-order valence-corrected chi connectivity index (χ4v) is 2.41. The molecule has 0 aliphatic carbocycles. The van der Waals surface area contributed by atoms with E-state index in [1.54, 1.807) is 24.3 Å². The van der Waals surface area contributed by atoms with Crippen molar-refractivity contribution in [3.8, 4) is 5.75 Å². The first kappa shape index (κ1) is 16.8. The van der Waals surface area contributed by atoms with Gasteiger partial charge in [-0.1, -0.05) is 18.2 Å². The second kappa shape index (κ2) is 6.46. The molecule has 2 aromatic rings. The summed E-state index contributed by atoms with van der Waals surface area (Å²) >= 11 is 0. The van der Waals surface area contributed by atoms with Crippen molar-refractivity contribution in [3.63, 3.8) is 0 Å². The third-order valence-electron chi connectivity index (χ3n) is 3.58. The van der Waals surface area contributed by atoms with Crippen LogP contribution in [0.3, 0.4) is 0 Å². The summed E-state index contributed by atoms with van der Waals surface area (Å²) in [4.78, 5) is 24.0. The summed E-state index contributed by atoms with van der Waals surface area (Å²) in [6.45, 7) is 0. The van der Waals surface area contributed by atoms with Crippen molar-refractivity contribution in [2.75, 3.05) is 10.6 Å². The number of rotatable bonds is 3. The number of esters is 1. The quantitative estimate of drug-likeness (QED) is 0.657. The number of alkyl halides is 3. The number of benzene rings is 2. The van der Waals surface area contributed by atoms with Gasteiger partial charge < -0.3 is 15.4 Å². The Bertz CT molecular complexity index is 821. The highest BCUT2D eigenvalue weighted by Crippen LogP contribution is 2.31. The molecule has 0 radical (unpaired) electrons. The second-order valence-corrected chi connectivity index (χ2v) is 5.45. The number of hydrogen-bond acceptors (Lipinski definition) is 4. The molecule has 0 spiro atoms. The summed E-state index contributed by atoms with van der Waals surface area (Å²) < 4.78 is 43.2. The number of anilines is 2. The average Bonchev–Trinajstić information content (AvgIpc) is 2.55. The number of fused-ring (bicyclic) bond motifs is 1. The second-order valence-electron chi connectivity index (χ2n) is 5.45. The van der Waals surface area contributed by atoms with E-state index < -0.39 is 29.7 Å². The van der Waals surface area contributed by atoms with Crippen LogP contribution in [-0.4, -0.2) is 17.9 Å². The molecule has 0 saturated heterocycles. The van der Waals surface area contributed by atoms with Crippen molar-refractivity contribution >= 4 is 23.3 Å². The lowest BCUT2D eigenvalue weighted by molar-refractivity contribution is -0.138. The summed E-state index contributed by atoms with van der Waals surface area (Å²) in [7, 11) is 0. The van der Waals surface area contributed by atoms with Crippen LogP contribution in [0.5, 0.6) is 5.75 Å². The fourth-order valence-electron chi connectivity index (χ4n) is 2.41. The highest BCUT2D eigenvalue weighted by atomic mass is 19.4. The molecule has 0 fully saturated rings. The molecule has 8 heteroatoms.